The van der Waals surface area contributed by atoms with Crippen LogP contribution in [0.2, 0.25) is 0 Å². The first-order valence-electron chi connectivity index (χ1n) is 32.1. The second-order valence-corrected chi connectivity index (χ2v) is 21.7. The van der Waals surface area contributed by atoms with Crippen molar-refractivity contribution < 1.29 is 28.6 Å². The molecule has 0 bridgehead atoms. The van der Waals surface area contributed by atoms with Crippen LogP contribution < -0.4 is 0 Å². The van der Waals surface area contributed by atoms with Gasteiger partial charge in [-0.15, -0.1) is 0 Å². The number of unbranched alkanes of at least 4 members (excludes halogenated alkanes) is 40. The Labute approximate surface area is 454 Å². The van der Waals surface area contributed by atoms with E-state index in [9.17, 15) is 14.4 Å². The van der Waals surface area contributed by atoms with Crippen LogP contribution in [-0.4, -0.2) is 37.2 Å². The van der Waals surface area contributed by atoms with E-state index < -0.39 is 6.10 Å². The average molecular weight is 1020 g/mol. The van der Waals surface area contributed by atoms with Crippen LogP contribution in [-0.2, 0) is 28.6 Å². The smallest absolute Gasteiger partial charge is 0.306 e. The summed E-state index contributed by atoms with van der Waals surface area (Å²) < 4.78 is 16.9. The zero-order valence-electron chi connectivity index (χ0n) is 48.9. The molecule has 0 aromatic rings. The zero-order valence-corrected chi connectivity index (χ0v) is 48.9. The normalized spacial score (nSPS) is 12.3. The minimum absolute atomic E-state index is 0.0744. The average Bonchev–Trinajstić information content (AvgIpc) is 3.39. The highest BCUT2D eigenvalue weighted by Crippen LogP contribution is 2.17. The topological polar surface area (TPSA) is 78.9 Å². The molecule has 0 spiro atoms. The highest BCUT2D eigenvalue weighted by atomic mass is 16.6. The second-order valence-electron chi connectivity index (χ2n) is 21.7. The molecule has 6 nitrogen and oxygen atoms in total. The molecule has 0 aliphatic carbocycles. The summed E-state index contributed by atoms with van der Waals surface area (Å²) in [5, 5.41) is 0. The SMILES string of the molecule is CCCCC/C=C\C/C=C\C/C=C\CCCCCCCCC(=O)OC[C@@H](COC(=O)CCCCCCCCCCCCCCCCCCC)OC(=O)CCCCCCCCCCC/C=C\CCCCCCCC. The van der Waals surface area contributed by atoms with Crippen LogP contribution >= 0.6 is 0 Å². The second kappa shape index (κ2) is 61.9. The fourth-order valence-corrected chi connectivity index (χ4v) is 9.45. The molecule has 426 valence electrons. The van der Waals surface area contributed by atoms with Crippen molar-refractivity contribution in [2.24, 2.45) is 0 Å². The molecule has 0 aromatic carbocycles. The third-order valence-corrected chi connectivity index (χ3v) is 14.3. The van der Waals surface area contributed by atoms with Crippen molar-refractivity contribution in [1.82, 2.24) is 0 Å². The Kier molecular flexibility index (Phi) is 59.7. The van der Waals surface area contributed by atoms with Crippen LogP contribution in [0.3, 0.4) is 0 Å². The van der Waals surface area contributed by atoms with Gasteiger partial charge in [-0.05, 0) is 83.5 Å². The molecule has 73 heavy (non-hydrogen) atoms. The molecule has 0 rings (SSSR count). The molecule has 0 amide bonds. The van der Waals surface area contributed by atoms with E-state index in [1.165, 1.54) is 225 Å². The van der Waals surface area contributed by atoms with E-state index in [4.69, 9.17) is 14.2 Å². The maximum absolute atomic E-state index is 12.9. The minimum atomic E-state index is -0.779. The van der Waals surface area contributed by atoms with Gasteiger partial charge in [0.15, 0.2) is 6.10 Å². The van der Waals surface area contributed by atoms with Crippen molar-refractivity contribution in [3.8, 4) is 0 Å². The van der Waals surface area contributed by atoms with Crippen molar-refractivity contribution >= 4 is 17.9 Å². The summed E-state index contributed by atoms with van der Waals surface area (Å²) >= 11 is 0. The maximum atomic E-state index is 12.9. The summed E-state index contributed by atoms with van der Waals surface area (Å²) in [5.41, 5.74) is 0. The van der Waals surface area contributed by atoms with E-state index in [1.807, 2.05) is 0 Å². The molecule has 0 fully saturated rings. The number of allylic oxidation sites excluding steroid dienone is 8. The zero-order chi connectivity index (χ0) is 52.9. The molecular weight excluding hydrogens is 901 g/mol. The van der Waals surface area contributed by atoms with Gasteiger partial charge in [-0.25, -0.2) is 0 Å². The fourth-order valence-electron chi connectivity index (χ4n) is 9.45. The largest absolute Gasteiger partial charge is 0.462 e. The quantitative estimate of drug-likeness (QED) is 0.0261. The number of ether oxygens (including phenoxy) is 3. The van der Waals surface area contributed by atoms with Crippen LogP contribution in [0.25, 0.3) is 0 Å². The number of carbonyl (C=O) groups is 3. The molecule has 0 heterocycles. The molecule has 6 heteroatoms. The van der Waals surface area contributed by atoms with Gasteiger partial charge in [0.25, 0.3) is 0 Å². The van der Waals surface area contributed by atoms with Crippen LogP contribution in [0.5, 0.6) is 0 Å². The molecule has 0 N–H and O–H groups in total. The van der Waals surface area contributed by atoms with Crippen molar-refractivity contribution in [3.05, 3.63) is 48.6 Å². The van der Waals surface area contributed by atoms with E-state index in [2.05, 4.69) is 69.4 Å². The first-order chi connectivity index (χ1) is 36.0. The lowest BCUT2D eigenvalue weighted by Gasteiger charge is -2.18. The third-order valence-electron chi connectivity index (χ3n) is 14.3. The number of hydrogen-bond acceptors (Lipinski definition) is 6. The summed E-state index contributed by atoms with van der Waals surface area (Å²) in [7, 11) is 0. The Balaban J connectivity index is 4.37. The van der Waals surface area contributed by atoms with E-state index in [1.54, 1.807) is 0 Å². The molecule has 0 radical (unpaired) electrons. The molecule has 0 aromatic heterocycles. The Morgan fingerprint density at radius 2 is 0.493 bits per heavy atom. The van der Waals surface area contributed by atoms with Crippen LogP contribution in [0.4, 0.5) is 0 Å². The summed E-state index contributed by atoms with van der Waals surface area (Å²) in [6.07, 6.45) is 76.8. The summed E-state index contributed by atoms with van der Waals surface area (Å²) in [6, 6.07) is 0. The summed E-state index contributed by atoms with van der Waals surface area (Å²) in [6.45, 7) is 6.65. The number of hydrogen-bond donors (Lipinski definition) is 0. The molecule has 0 saturated heterocycles. The molecule has 1 atom stereocenters. The maximum Gasteiger partial charge on any atom is 0.306 e. The van der Waals surface area contributed by atoms with Crippen LogP contribution in [0.1, 0.15) is 342 Å². The van der Waals surface area contributed by atoms with Gasteiger partial charge >= 0.3 is 17.9 Å². The van der Waals surface area contributed by atoms with Crippen molar-refractivity contribution in [2.75, 3.05) is 13.2 Å². The highest BCUT2D eigenvalue weighted by molar-refractivity contribution is 5.71. The standard InChI is InChI=1S/C67H122O6/c1-4-7-10-13-16-19-22-25-28-31-33-36-39-42-45-48-51-54-57-60-66(69)72-63-64(62-71-65(68)59-56-53-50-47-44-41-38-35-30-27-24-21-18-15-12-9-6-3)73-67(70)61-58-55-52-49-46-43-40-37-34-32-29-26-23-20-17-14-11-8-5-2/h16,19,25-26,28-29,33,36,64H,4-15,17-18,20-24,27,30-32,34-35,37-63H2,1-3H3/b19-16-,28-25-,29-26-,36-33-/t64-/m1/s1. The lowest BCUT2D eigenvalue weighted by molar-refractivity contribution is -0.167. The predicted octanol–water partition coefficient (Wildman–Crippen LogP) is 21.8. The van der Waals surface area contributed by atoms with Crippen molar-refractivity contribution in [1.29, 1.82) is 0 Å². The van der Waals surface area contributed by atoms with Gasteiger partial charge in [-0.2, -0.15) is 0 Å². The molecule has 0 aliphatic heterocycles. The Bertz CT molecular complexity index is 1270. The Morgan fingerprint density at radius 1 is 0.274 bits per heavy atom. The lowest BCUT2D eigenvalue weighted by atomic mass is 10.0. The Hall–Kier alpha value is -2.63. The first kappa shape index (κ1) is 70.4. The highest BCUT2D eigenvalue weighted by Gasteiger charge is 2.19. The van der Waals surface area contributed by atoms with E-state index in [0.717, 1.165) is 77.0 Å². The number of esters is 3. The van der Waals surface area contributed by atoms with E-state index >= 15 is 0 Å². The Morgan fingerprint density at radius 3 is 0.808 bits per heavy atom. The predicted molar refractivity (Wildman–Crippen MR) is 316 cm³/mol. The van der Waals surface area contributed by atoms with Gasteiger partial charge < -0.3 is 14.2 Å². The lowest BCUT2D eigenvalue weighted by Crippen LogP contribution is -2.30. The number of rotatable bonds is 59. The molecule has 0 aliphatic rings. The van der Waals surface area contributed by atoms with Crippen molar-refractivity contribution in [2.45, 2.75) is 348 Å². The molecular formula is C67H122O6. The van der Waals surface area contributed by atoms with E-state index in [-0.39, 0.29) is 31.1 Å². The van der Waals surface area contributed by atoms with Gasteiger partial charge in [-0.1, -0.05) is 288 Å². The summed E-state index contributed by atoms with van der Waals surface area (Å²) in [5.74, 6) is -0.868. The van der Waals surface area contributed by atoms with Gasteiger partial charge in [0.2, 0.25) is 0 Å². The third kappa shape index (κ3) is 60.1. The number of carbonyl (C=O) groups excluding carboxylic acids is 3. The van der Waals surface area contributed by atoms with E-state index in [0.29, 0.717) is 19.3 Å². The minimum Gasteiger partial charge on any atom is -0.462 e. The van der Waals surface area contributed by atoms with Gasteiger partial charge in [0.1, 0.15) is 13.2 Å². The van der Waals surface area contributed by atoms with Crippen LogP contribution in [0, 0.1) is 0 Å². The van der Waals surface area contributed by atoms with Gasteiger partial charge in [0, 0.05) is 19.3 Å². The first-order valence-corrected chi connectivity index (χ1v) is 32.1. The summed E-state index contributed by atoms with van der Waals surface area (Å²) in [4.78, 5) is 38.3. The molecule has 0 saturated carbocycles. The van der Waals surface area contributed by atoms with Crippen LogP contribution in [0.15, 0.2) is 48.6 Å². The van der Waals surface area contributed by atoms with Gasteiger partial charge in [0.05, 0.1) is 0 Å². The molecule has 0 unspecified atom stereocenters. The fraction of sp³-hybridized carbons (Fsp3) is 0.836. The van der Waals surface area contributed by atoms with Crippen molar-refractivity contribution in [3.63, 3.8) is 0 Å². The monoisotopic (exact) mass is 1020 g/mol. The van der Waals surface area contributed by atoms with Gasteiger partial charge in [-0.3, -0.25) is 14.4 Å².